The van der Waals surface area contributed by atoms with Gasteiger partial charge in [-0.1, -0.05) is 37.5 Å². The van der Waals surface area contributed by atoms with Gasteiger partial charge < -0.3 is 14.6 Å². The van der Waals surface area contributed by atoms with Crippen molar-refractivity contribution in [2.24, 2.45) is 0 Å². The topological polar surface area (TPSA) is 48.7 Å². The number of hydrogen-bond acceptors (Lipinski definition) is 3. The second-order valence-electron chi connectivity index (χ2n) is 11.6. The van der Waals surface area contributed by atoms with E-state index < -0.39 is 5.97 Å². The summed E-state index contributed by atoms with van der Waals surface area (Å²) in [6.07, 6.45) is 7.30. The molecule has 204 valence electrons. The molecule has 0 amide bonds. The fourth-order valence-electron chi connectivity index (χ4n) is 6.80. The molecule has 5 rings (SSSR count). The van der Waals surface area contributed by atoms with E-state index in [2.05, 4.69) is 66.3 Å². The van der Waals surface area contributed by atoms with Gasteiger partial charge in [-0.3, -0.25) is 4.90 Å². The number of hydrogen-bond donors (Lipinski definition) is 1. The van der Waals surface area contributed by atoms with Gasteiger partial charge in [0.1, 0.15) is 0 Å². The fraction of sp³-hybridized carbons (Fsp3) is 0.531. The molecule has 2 heterocycles. The second kappa shape index (κ2) is 11.3. The maximum absolute atomic E-state index is 11.9. The Bertz CT molecular complexity index is 1300. The highest BCUT2D eigenvalue weighted by Gasteiger charge is 2.30. The average molecular weight is 536 g/mol. The first-order valence-corrected chi connectivity index (χ1v) is 14.8. The molecule has 1 atom stereocenters. The van der Waals surface area contributed by atoms with E-state index in [-0.39, 0.29) is 5.50 Å². The number of alkyl halides is 1. The zero-order chi connectivity index (χ0) is 27.0. The van der Waals surface area contributed by atoms with Crippen LogP contribution < -0.4 is 4.90 Å². The monoisotopic (exact) mass is 535 g/mol. The summed E-state index contributed by atoms with van der Waals surface area (Å²) < 4.78 is 2.43. The normalized spacial score (nSPS) is 17.1. The SMILES string of the molecule is Cc1ccc2c(c1)N(CCCN(C(C)C)C(C)Cl)CCn1c-2c(C2CCCCC2)c2ccc(C(=O)O)cc21. The Kier molecular flexibility index (Phi) is 8.06. The predicted molar refractivity (Wildman–Crippen MR) is 159 cm³/mol. The van der Waals surface area contributed by atoms with E-state index >= 15 is 0 Å². The summed E-state index contributed by atoms with van der Waals surface area (Å²) in [5.41, 5.74) is 8.05. The molecule has 0 bridgehead atoms. The van der Waals surface area contributed by atoms with Gasteiger partial charge in [-0.05, 0) is 82.2 Å². The number of carboxylic acid groups (broad SMARTS) is 1. The third kappa shape index (κ3) is 5.20. The maximum atomic E-state index is 11.9. The van der Waals surface area contributed by atoms with Crippen LogP contribution in [0.2, 0.25) is 0 Å². The van der Waals surface area contributed by atoms with Crippen LogP contribution in [0.25, 0.3) is 22.2 Å². The van der Waals surface area contributed by atoms with E-state index in [4.69, 9.17) is 11.6 Å². The highest BCUT2D eigenvalue weighted by atomic mass is 35.5. The van der Waals surface area contributed by atoms with Crippen LogP contribution in [0.1, 0.15) is 86.7 Å². The van der Waals surface area contributed by atoms with Gasteiger partial charge in [-0.2, -0.15) is 0 Å². The Morgan fingerprint density at radius 1 is 1.08 bits per heavy atom. The number of carbonyl (C=O) groups is 1. The van der Waals surface area contributed by atoms with Crippen molar-refractivity contribution in [3.05, 3.63) is 53.1 Å². The number of carboxylic acids is 1. The molecule has 0 saturated heterocycles. The van der Waals surface area contributed by atoms with Gasteiger partial charge in [0, 0.05) is 54.4 Å². The molecule has 2 aromatic carbocycles. The number of benzene rings is 2. The van der Waals surface area contributed by atoms with Gasteiger partial charge in [0.25, 0.3) is 0 Å². The molecular weight excluding hydrogens is 494 g/mol. The molecule has 0 radical (unpaired) electrons. The predicted octanol–water partition coefficient (Wildman–Crippen LogP) is 7.87. The van der Waals surface area contributed by atoms with Crippen molar-refractivity contribution in [1.82, 2.24) is 9.47 Å². The molecule has 5 nitrogen and oxygen atoms in total. The molecular formula is C32H42ClN3O2. The number of halogens is 1. The molecule has 1 aliphatic heterocycles. The number of fused-ring (bicyclic) bond motifs is 5. The molecule has 3 aromatic rings. The van der Waals surface area contributed by atoms with E-state index in [1.807, 2.05) is 6.07 Å². The lowest BCUT2D eigenvalue weighted by Gasteiger charge is -2.31. The van der Waals surface area contributed by atoms with Gasteiger partial charge in [0.15, 0.2) is 0 Å². The van der Waals surface area contributed by atoms with Gasteiger partial charge in [-0.25, -0.2) is 4.79 Å². The summed E-state index contributed by atoms with van der Waals surface area (Å²) in [5, 5.41) is 11.0. The van der Waals surface area contributed by atoms with Crippen molar-refractivity contribution in [3.63, 3.8) is 0 Å². The van der Waals surface area contributed by atoms with Gasteiger partial charge >= 0.3 is 5.97 Å². The Morgan fingerprint density at radius 2 is 1.84 bits per heavy atom. The largest absolute Gasteiger partial charge is 0.478 e. The van der Waals surface area contributed by atoms with Gasteiger partial charge in [0.2, 0.25) is 0 Å². The fourth-order valence-corrected chi connectivity index (χ4v) is 7.13. The number of aromatic carboxylic acids is 1. The minimum Gasteiger partial charge on any atom is -0.478 e. The van der Waals surface area contributed by atoms with E-state index in [1.165, 1.54) is 65.6 Å². The molecule has 1 saturated carbocycles. The number of nitrogens with zero attached hydrogens (tertiary/aromatic N) is 3. The highest BCUT2D eigenvalue weighted by Crippen LogP contribution is 2.47. The van der Waals surface area contributed by atoms with E-state index in [1.54, 1.807) is 6.07 Å². The quantitative estimate of drug-likeness (QED) is 0.235. The summed E-state index contributed by atoms with van der Waals surface area (Å²) >= 11 is 6.48. The van der Waals surface area contributed by atoms with Gasteiger partial charge in [0.05, 0.1) is 16.8 Å². The third-order valence-electron chi connectivity index (χ3n) is 8.67. The summed E-state index contributed by atoms with van der Waals surface area (Å²) in [6.45, 7) is 12.3. The van der Waals surface area contributed by atoms with E-state index in [0.717, 1.165) is 38.1 Å². The zero-order valence-corrected chi connectivity index (χ0v) is 24.1. The number of aryl methyl sites for hydroxylation is 1. The Labute approximate surface area is 232 Å². The molecule has 1 N–H and O–H groups in total. The van der Waals surface area contributed by atoms with Crippen LogP contribution in [0.15, 0.2) is 36.4 Å². The first-order valence-electron chi connectivity index (χ1n) is 14.4. The van der Waals surface area contributed by atoms with Crippen molar-refractivity contribution in [1.29, 1.82) is 0 Å². The smallest absolute Gasteiger partial charge is 0.335 e. The molecule has 6 heteroatoms. The highest BCUT2D eigenvalue weighted by molar-refractivity contribution is 6.20. The molecule has 1 unspecified atom stereocenters. The lowest BCUT2D eigenvalue weighted by Crippen LogP contribution is -2.38. The number of anilines is 1. The molecule has 1 fully saturated rings. The van der Waals surface area contributed by atoms with Crippen molar-refractivity contribution in [3.8, 4) is 11.3 Å². The summed E-state index contributed by atoms with van der Waals surface area (Å²) in [4.78, 5) is 16.8. The summed E-state index contributed by atoms with van der Waals surface area (Å²) in [7, 11) is 0. The van der Waals surface area contributed by atoms with Crippen molar-refractivity contribution < 1.29 is 9.90 Å². The average Bonchev–Trinajstić information content (AvgIpc) is 3.12. The minimum atomic E-state index is -0.865. The van der Waals surface area contributed by atoms with Crippen LogP contribution >= 0.6 is 11.6 Å². The Balaban J connectivity index is 1.60. The third-order valence-corrected chi connectivity index (χ3v) is 8.92. The lowest BCUT2D eigenvalue weighted by molar-refractivity contribution is 0.0697. The zero-order valence-electron chi connectivity index (χ0n) is 23.3. The molecule has 38 heavy (non-hydrogen) atoms. The van der Waals surface area contributed by atoms with Gasteiger partial charge in [-0.15, -0.1) is 11.6 Å². The molecule has 1 aromatic heterocycles. The molecule has 2 aliphatic rings. The maximum Gasteiger partial charge on any atom is 0.335 e. The summed E-state index contributed by atoms with van der Waals surface area (Å²) in [6, 6.07) is 13.1. The molecule has 1 aliphatic carbocycles. The van der Waals surface area contributed by atoms with Crippen LogP contribution in [-0.2, 0) is 6.54 Å². The van der Waals surface area contributed by atoms with Crippen LogP contribution in [0.3, 0.4) is 0 Å². The van der Waals surface area contributed by atoms with E-state index in [9.17, 15) is 9.90 Å². The standard InChI is InChI=1S/C32H42ClN3O2/c1-21(2)35(23(4)33)16-8-15-34-17-18-36-29-20-25(32(37)38)12-14-26(29)30(24-9-6-5-7-10-24)31(36)27-13-11-22(3)19-28(27)34/h11-14,19-21,23-24H,5-10,15-18H2,1-4H3,(H,37,38). The van der Waals surface area contributed by atoms with Crippen LogP contribution in [-0.4, -0.2) is 51.7 Å². The van der Waals surface area contributed by atoms with Crippen LogP contribution in [0.5, 0.6) is 0 Å². The lowest BCUT2D eigenvalue weighted by atomic mass is 9.81. The minimum absolute atomic E-state index is 0.0160. The first-order chi connectivity index (χ1) is 18.3. The Hall–Kier alpha value is -2.50. The summed E-state index contributed by atoms with van der Waals surface area (Å²) in [5.74, 6) is -0.347. The Morgan fingerprint density at radius 3 is 2.53 bits per heavy atom. The van der Waals surface area contributed by atoms with Crippen molar-refractivity contribution in [2.75, 3.05) is 24.5 Å². The second-order valence-corrected chi connectivity index (χ2v) is 12.2. The number of aromatic nitrogens is 1. The van der Waals surface area contributed by atoms with Crippen molar-refractivity contribution >= 4 is 34.2 Å². The first kappa shape index (κ1) is 27.1. The van der Waals surface area contributed by atoms with Crippen molar-refractivity contribution in [2.45, 2.75) is 90.2 Å². The van der Waals surface area contributed by atoms with E-state index in [0.29, 0.717) is 17.5 Å². The molecule has 0 spiro atoms. The number of rotatable bonds is 8. The van der Waals surface area contributed by atoms with Crippen LogP contribution in [0, 0.1) is 6.92 Å². The van der Waals surface area contributed by atoms with Crippen LogP contribution in [0.4, 0.5) is 5.69 Å².